The van der Waals surface area contributed by atoms with E-state index in [2.05, 4.69) is 19.2 Å². The minimum absolute atomic E-state index is 0.336. The normalized spacial score (nSPS) is 24.0. The molecule has 4 heteroatoms. The monoisotopic (exact) mass is 273 g/mol. The zero-order valence-electron chi connectivity index (χ0n) is 12.8. The predicted octanol–water partition coefficient (Wildman–Crippen LogP) is 2.37. The summed E-state index contributed by atoms with van der Waals surface area (Å²) in [6.07, 6.45) is 6.84. The first-order valence-corrected chi connectivity index (χ1v) is 7.69. The van der Waals surface area contributed by atoms with Crippen LogP contribution in [0.3, 0.4) is 0 Å². The molecule has 0 heterocycles. The van der Waals surface area contributed by atoms with Gasteiger partial charge in [-0.2, -0.15) is 0 Å². The van der Waals surface area contributed by atoms with Gasteiger partial charge in [0.2, 0.25) is 0 Å². The van der Waals surface area contributed by atoms with E-state index in [9.17, 15) is 0 Å². The van der Waals surface area contributed by atoms with Crippen LogP contribution in [0.2, 0.25) is 0 Å². The molecule has 2 atom stereocenters. The Morgan fingerprint density at radius 1 is 1.11 bits per heavy atom. The Morgan fingerprint density at radius 3 is 2.63 bits per heavy atom. The summed E-state index contributed by atoms with van der Waals surface area (Å²) < 4.78 is 16.8. The number of rotatable bonds is 10. The third-order valence-corrected chi connectivity index (χ3v) is 3.49. The van der Waals surface area contributed by atoms with E-state index in [-0.39, 0.29) is 0 Å². The van der Waals surface area contributed by atoms with E-state index >= 15 is 0 Å². The molecule has 0 aromatic rings. The third-order valence-electron chi connectivity index (χ3n) is 3.49. The van der Waals surface area contributed by atoms with Crippen molar-refractivity contribution in [2.45, 2.75) is 64.3 Å². The summed E-state index contributed by atoms with van der Waals surface area (Å²) in [5.74, 6) is 0. The number of hydrogen-bond acceptors (Lipinski definition) is 4. The van der Waals surface area contributed by atoms with Gasteiger partial charge < -0.3 is 19.5 Å². The zero-order chi connectivity index (χ0) is 13.9. The SMILES string of the molecule is COC1CCCC(OCCNCCCOC(C)C)C1. The smallest absolute Gasteiger partial charge is 0.0600 e. The maximum atomic E-state index is 5.89. The van der Waals surface area contributed by atoms with Crippen LogP contribution in [0.1, 0.15) is 46.0 Å². The van der Waals surface area contributed by atoms with E-state index in [1.165, 1.54) is 19.3 Å². The van der Waals surface area contributed by atoms with E-state index < -0.39 is 0 Å². The number of nitrogens with one attached hydrogen (secondary N) is 1. The van der Waals surface area contributed by atoms with Gasteiger partial charge in [0.15, 0.2) is 0 Å². The van der Waals surface area contributed by atoms with Gasteiger partial charge in [-0.25, -0.2) is 0 Å². The maximum Gasteiger partial charge on any atom is 0.0600 e. The molecule has 1 aliphatic carbocycles. The Bertz CT molecular complexity index is 212. The maximum absolute atomic E-state index is 5.89. The number of methoxy groups -OCH3 is 1. The van der Waals surface area contributed by atoms with Gasteiger partial charge in [0.1, 0.15) is 0 Å². The molecule has 0 aromatic carbocycles. The second kappa shape index (κ2) is 10.6. The van der Waals surface area contributed by atoms with E-state index in [0.717, 1.165) is 39.1 Å². The van der Waals surface area contributed by atoms with Gasteiger partial charge >= 0.3 is 0 Å². The summed E-state index contributed by atoms with van der Waals surface area (Å²) in [4.78, 5) is 0. The van der Waals surface area contributed by atoms with Crippen LogP contribution in [0, 0.1) is 0 Å². The van der Waals surface area contributed by atoms with Crippen LogP contribution in [0.15, 0.2) is 0 Å². The highest BCUT2D eigenvalue weighted by Crippen LogP contribution is 2.22. The van der Waals surface area contributed by atoms with Crippen molar-refractivity contribution in [2.24, 2.45) is 0 Å². The van der Waals surface area contributed by atoms with Gasteiger partial charge in [-0.1, -0.05) is 0 Å². The van der Waals surface area contributed by atoms with Crippen LogP contribution in [-0.2, 0) is 14.2 Å². The Balaban J connectivity index is 1.87. The molecule has 0 aliphatic heterocycles. The molecule has 0 aromatic heterocycles. The lowest BCUT2D eigenvalue weighted by molar-refractivity contribution is -0.0282. The minimum atomic E-state index is 0.336. The second-order valence-corrected chi connectivity index (χ2v) is 5.54. The van der Waals surface area contributed by atoms with Crippen molar-refractivity contribution in [3.8, 4) is 0 Å². The second-order valence-electron chi connectivity index (χ2n) is 5.54. The van der Waals surface area contributed by atoms with Crippen molar-refractivity contribution < 1.29 is 14.2 Å². The van der Waals surface area contributed by atoms with Crippen LogP contribution in [0.4, 0.5) is 0 Å². The van der Waals surface area contributed by atoms with Gasteiger partial charge in [0.25, 0.3) is 0 Å². The lowest BCUT2D eigenvalue weighted by Crippen LogP contribution is -2.30. The summed E-state index contributed by atoms with van der Waals surface area (Å²) in [6, 6.07) is 0. The van der Waals surface area contributed by atoms with Gasteiger partial charge in [-0.3, -0.25) is 0 Å². The molecule has 0 radical (unpaired) electrons. The summed E-state index contributed by atoms with van der Waals surface area (Å²) >= 11 is 0. The Kier molecular flexibility index (Phi) is 9.43. The molecule has 0 saturated heterocycles. The fourth-order valence-electron chi connectivity index (χ4n) is 2.41. The lowest BCUT2D eigenvalue weighted by atomic mass is 9.95. The van der Waals surface area contributed by atoms with Crippen molar-refractivity contribution in [2.75, 3.05) is 33.4 Å². The van der Waals surface area contributed by atoms with Gasteiger partial charge in [0, 0.05) is 20.3 Å². The van der Waals surface area contributed by atoms with Crippen LogP contribution < -0.4 is 5.32 Å². The average Bonchev–Trinajstić information content (AvgIpc) is 2.41. The van der Waals surface area contributed by atoms with Crippen molar-refractivity contribution in [3.05, 3.63) is 0 Å². The summed E-state index contributed by atoms with van der Waals surface area (Å²) in [5, 5.41) is 3.39. The number of hydrogen-bond donors (Lipinski definition) is 1. The molecule has 1 saturated carbocycles. The first-order chi connectivity index (χ1) is 9.22. The first-order valence-electron chi connectivity index (χ1n) is 7.69. The van der Waals surface area contributed by atoms with E-state index in [4.69, 9.17) is 14.2 Å². The van der Waals surface area contributed by atoms with E-state index in [0.29, 0.717) is 18.3 Å². The van der Waals surface area contributed by atoms with E-state index in [1.807, 2.05) is 0 Å². The Hall–Kier alpha value is -0.160. The molecule has 1 aliphatic rings. The van der Waals surface area contributed by atoms with Crippen LogP contribution in [-0.4, -0.2) is 51.7 Å². The average molecular weight is 273 g/mol. The molecular formula is C15H31NO3. The highest BCUT2D eigenvalue weighted by molar-refractivity contribution is 4.73. The van der Waals surface area contributed by atoms with Crippen molar-refractivity contribution in [1.82, 2.24) is 5.32 Å². The molecule has 2 unspecified atom stereocenters. The van der Waals surface area contributed by atoms with Crippen LogP contribution in [0.25, 0.3) is 0 Å². The zero-order valence-corrected chi connectivity index (χ0v) is 12.8. The molecule has 0 bridgehead atoms. The number of ether oxygens (including phenoxy) is 3. The van der Waals surface area contributed by atoms with Gasteiger partial charge in [-0.15, -0.1) is 0 Å². The van der Waals surface area contributed by atoms with Crippen molar-refractivity contribution in [1.29, 1.82) is 0 Å². The summed E-state index contributed by atoms with van der Waals surface area (Å²) in [7, 11) is 1.80. The molecule has 114 valence electrons. The quantitative estimate of drug-likeness (QED) is 0.620. The molecule has 1 N–H and O–H groups in total. The fraction of sp³-hybridized carbons (Fsp3) is 1.00. The van der Waals surface area contributed by atoms with Crippen molar-refractivity contribution in [3.63, 3.8) is 0 Å². The fourth-order valence-corrected chi connectivity index (χ4v) is 2.41. The molecule has 0 amide bonds. The standard InChI is InChI=1S/C15H31NO3/c1-13(2)18-10-5-8-16-9-11-19-15-7-4-6-14(12-15)17-3/h13-16H,4-12H2,1-3H3. The van der Waals surface area contributed by atoms with Crippen LogP contribution >= 0.6 is 0 Å². The third kappa shape index (κ3) is 8.58. The molecule has 19 heavy (non-hydrogen) atoms. The summed E-state index contributed by atoms with van der Waals surface area (Å²) in [6.45, 7) is 7.70. The highest BCUT2D eigenvalue weighted by Gasteiger charge is 2.21. The minimum Gasteiger partial charge on any atom is -0.381 e. The van der Waals surface area contributed by atoms with E-state index in [1.54, 1.807) is 7.11 Å². The van der Waals surface area contributed by atoms with Gasteiger partial charge in [0.05, 0.1) is 24.9 Å². The topological polar surface area (TPSA) is 39.7 Å². The molecule has 1 rings (SSSR count). The molecule has 1 fully saturated rings. The predicted molar refractivity (Wildman–Crippen MR) is 77.6 cm³/mol. The molecule has 4 nitrogen and oxygen atoms in total. The Labute approximate surface area is 118 Å². The Morgan fingerprint density at radius 2 is 1.89 bits per heavy atom. The summed E-state index contributed by atoms with van der Waals surface area (Å²) in [5.41, 5.74) is 0. The highest BCUT2D eigenvalue weighted by atomic mass is 16.5. The molecular weight excluding hydrogens is 242 g/mol. The lowest BCUT2D eigenvalue weighted by Gasteiger charge is -2.28. The molecule has 0 spiro atoms. The van der Waals surface area contributed by atoms with Crippen molar-refractivity contribution >= 4 is 0 Å². The van der Waals surface area contributed by atoms with Gasteiger partial charge in [-0.05, 0) is 52.5 Å². The van der Waals surface area contributed by atoms with Crippen LogP contribution in [0.5, 0.6) is 0 Å². The largest absolute Gasteiger partial charge is 0.381 e. The first kappa shape index (κ1) is 16.9.